The molecule has 1 amide bonds. The Bertz CT molecular complexity index is 752. The van der Waals surface area contributed by atoms with Gasteiger partial charge in [0.05, 0.1) is 11.5 Å². The van der Waals surface area contributed by atoms with Gasteiger partial charge in [0, 0.05) is 45.3 Å². The van der Waals surface area contributed by atoms with Crippen molar-refractivity contribution >= 4 is 16.1 Å². The van der Waals surface area contributed by atoms with Gasteiger partial charge in [0.1, 0.15) is 0 Å². The Balaban J connectivity index is 1.53. The molecule has 0 atom stereocenters. The molecule has 2 aliphatic heterocycles. The van der Waals surface area contributed by atoms with Crippen molar-refractivity contribution in [2.24, 2.45) is 0 Å². The van der Waals surface area contributed by atoms with Gasteiger partial charge in [-0.3, -0.25) is 4.90 Å². The second kappa shape index (κ2) is 8.58. The summed E-state index contributed by atoms with van der Waals surface area (Å²) >= 11 is 0. The first kappa shape index (κ1) is 20.1. The maximum atomic E-state index is 12.9. The summed E-state index contributed by atoms with van der Waals surface area (Å²) in [5, 5.41) is 0. The molecule has 0 N–H and O–H groups in total. The first-order chi connectivity index (χ1) is 12.9. The Labute approximate surface area is 161 Å². The molecule has 2 saturated heterocycles. The van der Waals surface area contributed by atoms with E-state index in [9.17, 15) is 13.2 Å². The fourth-order valence-corrected chi connectivity index (χ4v) is 5.39. The third-order valence-corrected chi connectivity index (χ3v) is 7.30. The maximum Gasteiger partial charge on any atom is 0.409 e. The van der Waals surface area contributed by atoms with Crippen molar-refractivity contribution in [1.29, 1.82) is 0 Å². The van der Waals surface area contributed by atoms with Crippen molar-refractivity contribution < 1.29 is 17.9 Å². The number of benzene rings is 1. The highest BCUT2D eigenvalue weighted by molar-refractivity contribution is 7.89. The highest BCUT2D eigenvalue weighted by Gasteiger charge is 2.33. The number of sulfonamides is 1. The first-order valence-corrected chi connectivity index (χ1v) is 11.1. The molecule has 7 nitrogen and oxygen atoms in total. The topological polar surface area (TPSA) is 70.2 Å². The third kappa shape index (κ3) is 4.62. The van der Waals surface area contributed by atoms with Crippen molar-refractivity contribution in [3.63, 3.8) is 0 Å². The quantitative estimate of drug-likeness (QED) is 0.779. The van der Waals surface area contributed by atoms with E-state index in [0.717, 1.165) is 31.5 Å². The molecule has 0 aromatic heterocycles. The summed E-state index contributed by atoms with van der Waals surface area (Å²) in [7, 11) is -3.43. The number of carbonyl (C=O) groups is 1. The average molecular weight is 396 g/mol. The number of likely N-dealkylation sites (tertiary alicyclic amines) is 1. The Morgan fingerprint density at radius 2 is 1.78 bits per heavy atom. The number of aryl methyl sites for hydroxylation is 1. The van der Waals surface area contributed by atoms with Crippen molar-refractivity contribution in [3.05, 3.63) is 29.8 Å². The lowest BCUT2D eigenvalue weighted by atomic mass is 10.0. The molecule has 0 aliphatic carbocycles. The van der Waals surface area contributed by atoms with Crippen LogP contribution in [0.15, 0.2) is 29.2 Å². The van der Waals surface area contributed by atoms with Crippen LogP contribution in [-0.4, -0.2) is 80.5 Å². The maximum absolute atomic E-state index is 12.9. The lowest BCUT2D eigenvalue weighted by molar-refractivity contribution is 0.0633. The third-order valence-electron chi connectivity index (χ3n) is 5.41. The second-order valence-corrected chi connectivity index (χ2v) is 9.11. The zero-order chi connectivity index (χ0) is 19.4. The largest absolute Gasteiger partial charge is 0.450 e. The van der Waals surface area contributed by atoms with E-state index in [1.165, 1.54) is 0 Å². The number of hydrogen-bond donors (Lipinski definition) is 0. The highest BCUT2D eigenvalue weighted by Crippen LogP contribution is 2.22. The molecule has 1 aromatic rings. The number of carbonyl (C=O) groups excluding carboxylic acids is 1. The van der Waals surface area contributed by atoms with Crippen LogP contribution < -0.4 is 0 Å². The van der Waals surface area contributed by atoms with Crippen LogP contribution in [0.4, 0.5) is 4.79 Å². The zero-order valence-electron chi connectivity index (χ0n) is 16.1. The lowest BCUT2D eigenvalue weighted by Crippen LogP contribution is -2.54. The van der Waals surface area contributed by atoms with Gasteiger partial charge < -0.3 is 9.64 Å². The van der Waals surface area contributed by atoms with Crippen LogP contribution in [0.1, 0.15) is 25.3 Å². The van der Waals surface area contributed by atoms with Gasteiger partial charge in [0.15, 0.2) is 0 Å². The van der Waals surface area contributed by atoms with Gasteiger partial charge in [-0.15, -0.1) is 0 Å². The number of nitrogens with zero attached hydrogens (tertiary/aromatic N) is 3. The normalized spacial score (nSPS) is 20.6. The van der Waals surface area contributed by atoms with E-state index in [1.54, 1.807) is 27.4 Å². The molecular weight excluding hydrogens is 366 g/mol. The van der Waals surface area contributed by atoms with E-state index in [-0.39, 0.29) is 6.09 Å². The van der Waals surface area contributed by atoms with Crippen molar-refractivity contribution in [1.82, 2.24) is 14.1 Å². The van der Waals surface area contributed by atoms with Gasteiger partial charge in [0.25, 0.3) is 0 Å². The van der Waals surface area contributed by atoms with Gasteiger partial charge in [0.2, 0.25) is 10.0 Å². The fourth-order valence-electron chi connectivity index (χ4n) is 3.86. The zero-order valence-corrected chi connectivity index (χ0v) is 17.0. The summed E-state index contributed by atoms with van der Waals surface area (Å²) in [5.41, 5.74) is 0.947. The minimum Gasteiger partial charge on any atom is -0.450 e. The molecule has 8 heteroatoms. The molecule has 2 fully saturated rings. The molecule has 0 spiro atoms. The fraction of sp³-hybridized carbons (Fsp3) is 0.632. The summed E-state index contributed by atoms with van der Waals surface area (Å²) in [4.78, 5) is 16.3. The Kier molecular flexibility index (Phi) is 6.39. The SMILES string of the molecule is CCOC(=O)N1CCC(N2CCN(S(=O)(=O)c3cccc(C)c3)CC2)CC1. The molecule has 0 bridgehead atoms. The molecule has 0 saturated carbocycles. The minimum absolute atomic E-state index is 0.231. The smallest absolute Gasteiger partial charge is 0.409 e. The van der Waals surface area contributed by atoms with E-state index in [0.29, 0.717) is 43.7 Å². The molecule has 0 radical (unpaired) electrons. The number of piperidine rings is 1. The predicted molar refractivity (Wildman–Crippen MR) is 103 cm³/mol. The molecule has 27 heavy (non-hydrogen) atoms. The summed E-state index contributed by atoms with van der Waals surface area (Å²) in [6, 6.07) is 7.49. The predicted octanol–water partition coefficient (Wildman–Crippen LogP) is 1.92. The molecule has 0 unspecified atom stereocenters. The first-order valence-electron chi connectivity index (χ1n) is 9.64. The molecule has 2 heterocycles. The van der Waals surface area contributed by atoms with Crippen LogP contribution in [0.5, 0.6) is 0 Å². The number of amides is 1. The van der Waals surface area contributed by atoms with Gasteiger partial charge >= 0.3 is 6.09 Å². The summed E-state index contributed by atoms with van der Waals surface area (Å²) in [6.07, 6.45) is 1.58. The van der Waals surface area contributed by atoms with E-state index in [4.69, 9.17) is 4.74 Å². The van der Waals surface area contributed by atoms with Crippen LogP contribution >= 0.6 is 0 Å². The molecule has 150 valence electrons. The van der Waals surface area contributed by atoms with E-state index < -0.39 is 10.0 Å². The average Bonchev–Trinajstić information content (AvgIpc) is 2.68. The van der Waals surface area contributed by atoms with E-state index in [1.807, 2.05) is 19.9 Å². The van der Waals surface area contributed by atoms with Gasteiger partial charge in [-0.25, -0.2) is 13.2 Å². The second-order valence-electron chi connectivity index (χ2n) is 7.17. The van der Waals surface area contributed by atoms with Crippen molar-refractivity contribution in [2.45, 2.75) is 37.6 Å². The summed E-state index contributed by atoms with van der Waals surface area (Å²) in [5.74, 6) is 0. The number of piperazine rings is 1. The number of ether oxygens (including phenoxy) is 1. The lowest BCUT2D eigenvalue weighted by Gasteiger charge is -2.42. The van der Waals surface area contributed by atoms with Crippen molar-refractivity contribution in [3.8, 4) is 0 Å². The van der Waals surface area contributed by atoms with Crippen LogP contribution in [-0.2, 0) is 14.8 Å². The Hall–Kier alpha value is -1.64. The Morgan fingerprint density at radius 3 is 2.37 bits per heavy atom. The Morgan fingerprint density at radius 1 is 1.11 bits per heavy atom. The van der Waals surface area contributed by atoms with Crippen LogP contribution in [0.2, 0.25) is 0 Å². The molecular formula is C19H29N3O4S. The van der Waals surface area contributed by atoms with E-state index in [2.05, 4.69) is 4.90 Å². The van der Waals surface area contributed by atoms with Crippen molar-refractivity contribution in [2.75, 3.05) is 45.9 Å². The monoisotopic (exact) mass is 395 g/mol. The standard InChI is InChI=1S/C19H29N3O4S/c1-3-26-19(23)21-9-7-17(8-10-21)20-11-13-22(14-12-20)27(24,25)18-6-4-5-16(2)15-18/h4-6,15,17H,3,7-14H2,1-2H3. The molecule has 2 aliphatic rings. The summed E-state index contributed by atoms with van der Waals surface area (Å²) < 4.78 is 32.4. The highest BCUT2D eigenvalue weighted by atomic mass is 32.2. The summed E-state index contributed by atoms with van der Waals surface area (Å²) in [6.45, 7) is 7.99. The number of hydrogen-bond acceptors (Lipinski definition) is 5. The van der Waals surface area contributed by atoms with Gasteiger partial charge in [-0.1, -0.05) is 12.1 Å². The van der Waals surface area contributed by atoms with Crippen LogP contribution in [0, 0.1) is 6.92 Å². The van der Waals surface area contributed by atoms with E-state index >= 15 is 0 Å². The van der Waals surface area contributed by atoms with Gasteiger partial charge in [-0.2, -0.15) is 4.31 Å². The molecule has 3 rings (SSSR count). The van der Waals surface area contributed by atoms with Gasteiger partial charge in [-0.05, 0) is 44.4 Å². The van der Waals surface area contributed by atoms with Crippen LogP contribution in [0.3, 0.4) is 0 Å². The minimum atomic E-state index is -3.43. The molecule has 1 aromatic carbocycles. The number of rotatable bonds is 4. The van der Waals surface area contributed by atoms with Crippen LogP contribution in [0.25, 0.3) is 0 Å².